The summed E-state index contributed by atoms with van der Waals surface area (Å²) in [6.45, 7) is 1.81. The fourth-order valence-electron chi connectivity index (χ4n) is 1.32. The molecule has 82 valence electrons. The summed E-state index contributed by atoms with van der Waals surface area (Å²) in [6.07, 6.45) is 1.28. The minimum atomic E-state index is -0.376. The molecule has 0 fully saturated rings. The molecular weight excluding hydrogens is 231 g/mol. The third-order valence-corrected chi connectivity index (χ3v) is 2.43. The first-order chi connectivity index (χ1) is 7.58. The van der Waals surface area contributed by atoms with Gasteiger partial charge in [-0.15, -0.1) is 0 Å². The minimum absolute atomic E-state index is 0.0674. The van der Waals surface area contributed by atoms with Crippen LogP contribution in [0.15, 0.2) is 24.4 Å². The standard InChI is InChI=1S/C11H8ClFN2O/c1-6-2-3-7(13)4-8(6)10-14-5-9(12)11(16)15-10/h2-5H,1H3,(H,14,15,16). The normalized spacial score (nSPS) is 10.4. The lowest BCUT2D eigenvalue weighted by Gasteiger charge is -2.05. The van der Waals surface area contributed by atoms with Gasteiger partial charge in [-0.25, -0.2) is 9.37 Å². The lowest BCUT2D eigenvalue weighted by Crippen LogP contribution is -1.92. The fourth-order valence-corrected chi connectivity index (χ4v) is 1.41. The van der Waals surface area contributed by atoms with E-state index in [9.17, 15) is 9.50 Å². The van der Waals surface area contributed by atoms with E-state index in [4.69, 9.17) is 11.6 Å². The zero-order valence-corrected chi connectivity index (χ0v) is 9.16. The van der Waals surface area contributed by atoms with Crippen molar-refractivity contribution < 1.29 is 9.50 Å². The second-order valence-electron chi connectivity index (χ2n) is 3.32. The van der Waals surface area contributed by atoms with Gasteiger partial charge in [-0.1, -0.05) is 17.7 Å². The highest BCUT2D eigenvalue weighted by atomic mass is 35.5. The molecule has 0 saturated carbocycles. The van der Waals surface area contributed by atoms with Crippen LogP contribution in [0, 0.1) is 12.7 Å². The molecule has 0 spiro atoms. The highest BCUT2D eigenvalue weighted by Gasteiger charge is 2.09. The van der Waals surface area contributed by atoms with Crippen LogP contribution in [-0.2, 0) is 0 Å². The quantitative estimate of drug-likeness (QED) is 0.831. The largest absolute Gasteiger partial charge is 0.492 e. The van der Waals surface area contributed by atoms with Gasteiger partial charge in [0, 0.05) is 5.56 Å². The number of halogens is 2. The van der Waals surface area contributed by atoms with Crippen molar-refractivity contribution >= 4 is 11.6 Å². The van der Waals surface area contributed by atoms with Crippen molar-refractivity contribution in [1.82, 2.24) is 9.97 Å². The Kier molecular flexibility index (Phi) is 2.75. The molecule has 16 heavy (non-hydrogen) atoms. The second kappa shape index (κ2) is 4.06. The van der Waals surface area contributed by atoms with E-state index < -0.39 is 0 Å². The summed E-state index contributed by atoms with van der Waals surface area (Å²) in [5.41, 5.74) is 1.36. The Hall–Kier alpha value is -1.68. The summed E-state index contributed by atoms with van der Waals surface area (Å²) < 4.78 is 13.1. The summed E-state index contributed by atoms with van der Waals surface area (Å²) in [5, 5.41) is 9.41. The third-order valence-electron chi connectivity index (χ3n) is 2.17. The van der Waals surface area contributed by atoms with Gasteiger partial charge in [0.25, 0.3) is 0 Å². The first kappa shape index (κ1) is 10.8. The molecule has 0 amide bonds. The van der Waals surface area contributed by atoms with Crippen molar-refractivity contribution in [3.05, 3.63) is 40.8 Å². The summed E-state index contributed by atoms with van der Waals surface area (Å²) in [5.74, 6) is -0.437. The molecule has 0 saturated heterocycles. The first-order valence-electron chi connectivity index (χ1n) is 4.56. The smallest absolute Gasteiger partial charge is 0.233 e. The number of hydrogen-bond acceptors (Lipinski definition) is 3. The molecule has 3 nitrogen and oxygen atoms in total. The van der Waals surface area contributed by atoms with E-state index in [1.165, 1.54) is 18.3 Å². The maximum atomic E-state index is 13.1. The molecule has 0 atom stereocenters. The van der Waals surface area contributed by atoms with Gasteiger partial charge in [0.15, 0.2) is 5.82 Å². The van der Waals surface area contributed by atoms with Crippen LogP contribution in [0.2, 0.25) is 5.02 Å². The Balaban J connectivity index is 2.58. The van der Waals surface area contributed by atoms with Crippen LogP contribution in [0.25, 0.3) is 11.4 Å². The number of aromatic hydroxyl groups is 1. The Bertz CT molecular complexity index is 546. The Morgan fingerprint density at radius 3 is 2.81 bits per heavy atom. The maximum Gasteiger partial charge on any atom is 0.233 e. The van der Waals surface area contributed by atoms with E-state index in [1.807, 2.05) is 6.92 Å². The maximum absolute atomic E-state index is 13.1. The Labute approximate surface area is 96.6 Å². The van der Waals surface area contributed by atoms with E-state index in [2.05, 4.69) is 9.97 Å². The molecule has 1 aromatic heterocycles. The van der Waals surface area contributed by atoms with Gasteiger partial charge in [-0.2, -0.15) is 4.98 Å². The SMILES string of the molecule is Cc1ccc(F)cc1-c1ncc(Cl)c(O)n1. The highest BCUT2D eigenvalue weighted by Crippen LogP contribution is 2.25. The van der Waals surface area contributed by atoms with Gasteiger partial charge in [0.1, 0.15) is 10.8 Å². The van der Waals surface area contributed by atoms with Crippen LogP contribution in [0.4, 0.5) is 4.39 Å². The molecule has 1 N–H and O–H groups in total. The predicted molar refractivity (Wildman–Crippen MR) is 58.8 cm³/mol. The van der Waals surface area contributed by atoms with Crippen LogP contribution >= 0.6 is 11.6 Å². The number of nitrogens with zero attached hydrogens (tertiary/aromatic N) is 2. The van der Waals surface area contributed by atoms with E-state index in [0.717, 1.165) is 5.56 Å². The topological polar surface area (TPSA) is 46.0 Å². The van der Waals surface area contributed by atoms with E-state index in [1.54, 1.807) is 6.07 Å². The van der Waals surface area contributed by atoms with Gasteiger partial charge in [-0.05, 0) is 24.6 Å². The lowest BCUT2D eigenvalue weighted by molar-refractivity contribution is 0.453. The van der Waals surface area contributed by atoms with E-state index in [0.29, 0.717) is 5.56 Å². The summed E-state index contributed by atoms with van der Waals surface area (Å²) in [7, 11) is 0. The molecule has 0 aliphatic heterocycles. The second-order valence-corrected chi connectivity index (χ2v) is 3.73. The molecular formula is C11H8ClFN2O. The highest BCUT2D eigenvalue weighted by molar-refractivity contribution is 6.31. The van der Waals surface area contributed by atoms with E-state index >= 15 is 0 Å². The van der Waals surface area contributed by atoms with Crippen LogP contribution in [-0.4, -0.2) is 15.1 Å². The van der Waals surface area contributed by atoms with Gasteiger partial charge < -0.3 is 5.11 Å². The predicted octanol–water partition coefficient (Wildman–Crippen LogP) is 2.95. The Morgan fingerprint density at radius 1 is 1.38 bits per heavy atom. The Morgan fingerprint density at radius 2 is 2.12 bits per heavy atom. The zero-order chi connectivity index (χ0) is 11.7. The molecule has 1 aromatic carbocycles. The van der Waals surface area contributed by atoms with E-state index in [-0.39, 0.29) is 22.5 Å². The fraction of sp³-hybridized carbons (Fsp3) is 0.0909. The molecule has 1 heterocycles. The average Bonchev–Trinajstić information content (AvgIpc) is 2.26. The molecule has 0 bridgehead atoms. The third kappa shape index (κ3) is 1.97. The van der Waals surface area contributed by atoms with Crippen molar-refractivity contribution in [2.24, 2.45) is 0 Å². The average molecular weight is 239 g/mol. The molecule has 5 heteroatoms. The summed E-state index contributed by atoms with van der Waals surface area (Å²) in [6, 6.07) is 4.30. The summed E-state index contributed by atoms with van der Waals surface area (Å²) in [4.78, 5) is 7.73. The van der Waals surface area contributed by atoms with Crippen LogP contribution in [0.5, 0.6) is 5.88 Å². The van der Waals surface area contributed by atoms with Crippen molar-refractivity contribution in [3.8, 4) is 17.3 Å². The lowest BCUT2D eigenvalue weighted by atomic mass is 10.1. The van der Waals surface area contributed by atoms with Crippen LogP contribution in [0.3, 0.4) is 0 Å². The molecule has 2 rings (SSSR count). The number of aromatic nitrogens is 2. The van der Waals surface area contributed by atoms with Crippen LogP contribution in [0.1, 0.15) is 5.56 Å². The summed E-state index contributed by atoms with van der Waals surface area (Å²) >= 11 is 5.59. The van der Waals surface area contributed by atoms with Gasteiger partial charge >= 0.3 is 0 Å². The molecule has 0 aliphatic rings. The minimum Gasteiger partial charge on any atom is -0.492 e. The number of aryl methyl sites for hydroxylation is 1. The molecule has 0 unspecified atom stereocenters. The van der Waals surface area contributed by atoms with Gasteiger partial charge in [0.2, 0.25) is 5.88 Å². The van der Waals surface area contributed by atoms with Gasteiger partial charge in [0.05, 0.1) is 6.20 Å². The molecule has 0 aliphatic carbocycles. The zero-order valence-electron chi connectivity index (χ0n) is 8.41. The monoisotopic (exact) mass is 238 g/mol. The number of rotatable bonds is 1. The van der Waals surface area contributed by atoms with Crippen LogP contribution < -0.4 is 0 Å². The van der Waals surface area contributed by atoms with Crippen molar-refractivity contribution in [3.63, 3.8) is 0 Å². The number of hydrogen-bond donors (Lipinski definition) is 1. The number of benzene rings is 1. The molecule has 2 aromatic rings. The van der Waals surface area contributed by atoms with Crippen molar-refractivity contribution in [2.75, 3.05) is 0 Å². The molecule has 0 radical (unpaired) electrons. The first-order valence-corrected chi connectivity index (χ1v) is 4.94. The van der Waals surface area contributed by atoms with Crippen molar-refractivity contribution in [2.45, 2.75) is 6.92 Å². The van der Waals surface area contributed by atoms with Gasteiger partial charge in [-0.3, -0.25) is 0 Å². The van der Waals surface area contributed by atoms with Crippen molar-refractivity contribution in [1.29, 1.82) is 0 Å².